The molecule has 6 aromatic heterocycles. The molecule has 0 amide bonds. The van der Waals surface area contributed by atoms with Gasteiger partial charge in [0, 0.05) is 130 Å². The Morgan fingerprint density at radius 2 is 0.448 bits per heavy atom. The molecule has 14 aromatic rings. The van der Waals surface area contributed by atoms with Crippen molar-refractivity contribution in [2.24, 2.45) is 0 Å². The van der Waals surface area contributed by atoms with Gasteiger partial charge in [-0.1, -0.05) is 201 Å². The predicted octanol–water partition coefficient (Wildman–Crippen LogP) is 18.5. The molecule has 20 nitrogen and oxygen atoms in total. The van der Waals surface area contributed by atoms with Gasteiger partial charge in [-0.05, 0) is 108 Å². The number of nitrogens with zero attached hydrogens (tertiary/aromatic N) is 16. The zero-order valence-corrected chi connectivity index (χ0v) is 61.9. The van der Waals surface area contributed by atoms with Gasteiger partial charge in [0.25, 0.3) is 0 Å². The van der Waals surface area contributed by atoms with Gasteiger partial charge in [0.1, 0.15) is 23.0 Å². The van der Waals surface area contributed by atoms with E-state index < -0.39 is 0 Å². The molecule has 0 radical (unpaired) electrons. The van der Waals surface area contributed by atoms with Crippen LogP contribution in [0.4, 0.5) is 0 Å². The van der Waals surface area contributed by atoms with Gasteiger partial charge in [0.2, 0.25) is 0 Å². The third-order valence-corrected chi connectivity index (χ3v) is 19.8. The molecule has 0 aliphatic carbocycles. The van der Waals surface area contributed by atoms with E-state index in [0.717, 1.165) is 139 Å². The van der Waals surface area contributed by atoms with E-state index in [-0.39, 0.29) is 64.8 Å². The van der Waals surface area contributed by atoms with Gasteiger partial charge in [0.15, 0.2) is 0 Å². The number of benzene rings is 8. The molecule has 0 saturated carbocycles. The summed E-state index contributed by atoms with van der Waals surface area (Å²) >= 11 is 0. The van der Waals surface area contributed by atoms with E-state index in [0.29, 0.717) is 115 Å². The summed E-state index contributed by atoms with van der Waals surface area (Å²) in [6, 6.07) is 55.7. The van der Waals surface area contributed by atoms with Gasteiger partial charge < -0.3 is 78.8 Å². The molecule has 105 heavy (non-hydrogen) atoms. The van der Waals surface area contributed by atoms with Gasteiger partial charge in [-0.2, -0.15) is 0 Å². The summed E-state index contributed by atoms with van der Waals surface area (Å²) in [5.74, 6) is 6.65. The first kappa shape index (κ1) is 68.4. The van der Waals surface area contributed by atoms with E-state index in [1.807, 2.05) is 170 Å². The van der Waals surface area contributed by atoms with Crippen LogP contribution in [0.15, 0.2) is 170 Å². The first-order valence-electron chi connectivity index (χ1n) is 36.1. The first-order chi connectivity index (χ1) is 51.1. The maximum Gasteiger partial charge on any atom is 0.130 e. The maximum atomic E-state index is 6.71. The second-order valence-corrected chi connectivity index (χ2v) is 26.1. The van der Waals surface area contributed by atoms with Crippen LogP contribution < -0.4 is 38.9 Å². The third-order valence-electron chi connectivity index (χ3n) is 19.8. The third kappa shape index (κ3) is 12.4. The van der Waals surface area contributed by atoms with Crippen molar-refractivity contribution in [3.8, 4) is 114 Å². The molecular weight excluding hydrogens is 1450 g/mol. The first-order valence-corrected chi connectivity index (χ1v) is 36.1. The van der Waals surface area contributed by atoms with E-state index in [4.69, 9.17) is 98.7 Å². The molecule has 0 fully saturated rings. The van der Waals surface area contributed by atoms with Crippen molar-refractivity contribution >= 4 is 88.3 Å². The molecule has 18 rings (SSSR count). The minimum atomic E-state index is -0.00428. The normalized spacial score (nSPS) is 12.0. The standard InChI is InChI=1S/C52H56N8O4.C32H16N8.Sm/c1-9-29(10-2)61-37-25-17-21-33-41(37)49-53-45(33)58-50-43-35(23-19-27-39(43)63-31(13-5)14-6)47(55-50)60-52-44-36(24-20-28-40(44)64-32(15-7)16-8)48(56-52)59-51-42-34(46(54-51)57-49)22-18-26-38(42)62-30(11-3)12-4;1-2-10-18-17(9-1)25-33-26(18)38-28-21-13-5-6-14-22(21)30(35-28)40-32-24-16-8-7-15-23(24)31(36-32)39-29-20-12-4-3-11-19(20)27(34-29)37-25;/h17-32H,9-16H2,1-8H3;1-16H;/q2*-2;. The van der Waals surface area contributed by atoms with Crippen LogP contribution in [0.3, 0.4) is 0 Å². The Kier molecular flexibility index (Phi) is 18.9. The van der Waals surface area contributed by atoms with Gasteiger partial charge in [-0.25, -0.2) is 19.9 Å². The summed E-state index contributed by atoms with van der Waals surface area (Å²) in [5.41, 5.74) is 10.5. The van der Waals surface area contributed by atoms with Gasteiger partial charge >= 0.3 is 0 Å². The quantitative estimate of drug-likeness (QED) is 0.0872. The van der Waals surface area contributed by atoms with Crippen LogP contribution in [-0.2, 0) is 0 Å². The molecule has 16 bridgehead atoms. The van der Waals surface area contributed by atoms with Crippen molar-refractivity contribution in [3.05, 3.63) is 170 Å². The molecule has 21 heteroatoms. The van der Waals surface area contributed by atoms with E-state index in [1.165, 1.54) is 0 Å². The van der Waals surface area contributed by atoms with Crippen LogP contribution in [0, 0.1) is 40.4 Å². The van der Waals surface area contributed by atoms with Crippen molar-refractivity contribution < 1.29 is 59.3 Å². The average Bonchev–Trinajstić information content (AvgIpc) is 1.60. The summed E-state index contributed by atoms with van der Waals surface area (Å²) in [4.78, 5) is 81.2. The second kappa shape index (κ2) is 28.9. The van der Waals surface area contributed by atoms with E-state index in [2.05, 4.69) is 55.4 Å². The molecule has 10 heterocycles. The van der Waals surface area contributed by atoms with Crippen LogP contribution in [0.25, 0.3) is 179 Å². The van der Waals surface area contributed by atoms with E-state index in [9.17, 15) is 0 Å². The number of fused-ring (bicyclic) bond motifs is 40. The zero-order chi connectivity index (χ0) is 70.7. The van der Waals surface area contributed by atoms with Crippen molar-refractivity contribution in [2.45, 2.75) is 131 Å². The Morgan fingerprint density at radius 1 is 0.229 bits per heavy atom. The van der Waals surface area contributed by atoms with Gasteiger partial charge in [0.05, 0.1) is 82.1 Å². The molecule has 4 aliphatic heterocycles. The smallest absolute Gasteiger partial charge is 0.130 e. The molecule has 0 unspecified atom stereocenters. The molecule has 8 aromatic carbocycles. The van der Waals surface area contributed by atoms with Crippen molar-refractivity contribution in [3.63, 3.8) is 0 Å². The number of hydrogen-bond donors (Lipinski definition) is 0. The summed E-state index contributed by atoms with van der Waals surface area (Å²) < 4.78 is 26.8. The van der Waals surface area contributed by atoms with Crippen LogP contribution in [0.5, 0.6) is 23.0 Å². The summed E-state index contributed by atoms with van der Waals surface area (Å²) in [6.45, 7) is 17.1. The Morgan fingerprint density at radius 3 is 0.771 bits per heavy atom. The molecule has 0 N–H and O–H groups in total. The largest absolute Gasteiger partial charge is 0.490 e. The number of ether oxygens (including phenoxy) is 4. The monoisotopic (exact) mass is 1520 g/mol. The number of hydrogen-bond acceptors (Lipinski definition) is 16. The molecule has 4 aliphatic rings. The van der Waals surface area contributed by atoms with Crippen molar-refractivity contribution in [1.29, 1.82) is 0 Å². The fourth-order valence-electron chi connectivity index (χ4n) is 14.1. The minimum absolute atomic E-state index is 0. The second-order valence-electron chi connectivity index (χ2n) is 26.1. The molecular formula is C84H72N16O4Sm-4. The Labute approximate surface area is 637 Å². The fraction of sp³-hybridized carbons (Fsp3) is 0.238. The SMILES string of the molecule is CCC(CC)Oc1cccc2c1-c1nc-2nc2[n-]c(nc3nc(nc4[n-]c(n1)c1cccc(OC(CC)CC)c41)-c1cccc(OC(CC)CC)c1-3)c1cccc(OC(CC)CC)c21.[Sm].c1ccc2c(c1)-c1nc-2nc2[n-]c(nc3nc(nc4[n-]c(n1)c1ccccc41)-c1ccccc1-3)c1ccccc21. The minimum Gasteiger partial charge on any atom is -0.490 e. The van der Waals surface area contributed by atoms with Crippen LogP contribution >= 0.6 is 0 Å². The van der Waals surface area contributed by atoms with Crippen LogP contribution in [0.2, 0.25) is 0 Å². The predicted molar refractivity (Wildman–Crippen MR) is 408 cm³/mol. The van der Waals surface area contributed by atoms with E-state index in [1.54, 1.807) is 0 Å². The summed E-state index contributed by atoms with van der Waals surface area (Å²) in [6.07, 6.45) is 6.73. The molecule has 0 atom stereocenters. The number of aromatic nitrogens is 16. The zero-order valence-electron chi connectivity index (χ0n) is 59.3. The van der Waals surface area contributed by atoms with E-state index >= 15 is 0 Å². The summed E-state index contributed by atoms with van der Waals surface area (Å²) in [5, 5.41) is 6.60. The average molecular weight is 1520 g/mol. The Bertz CT molecular complexity index is 5570. The topological polar surface area (TPSA) is 248 Å². The Hall–Kier alpha value is -11.0. The molecule has 522 valence electrons. The van der Waals surface area contributed by atoms with Crippen LogP contribution in [0.1, 0.15) is 107 Å². The maximum absolute atomic E-state index is 6.71. The molecule has 0 spiro atoms. The van der Waals surface area contributed by atoms with Crippen molar-refractivity contribution in [1.82, 2.24) is 79.7 Å². The summed E-state index contributed by atoms with van der Waals surface area (Å²) in [7, 11) is 0. The van der Waals surface area contributed by atoms with Crippen LogP contribution in [-0.4, -0.2) is 84.2 Å². The van der Waals surface area contributed by atoms with Gasteiger partial charge in [-0.15, -0.1) is 0 Å². The van der Waals surface area contributed by atoms with Gasteiger partial charge in [-0.3, -0.25) is 0 Å². The molecule has 0 saturated heterocycles. The number of rotatable bonds is 16. The van der Waals surface area contributed by atoms with Crippen molar-refractivity contribution in [2.75, 3.05) is 0 Å². The Balaban J connectivity index is 0.000000176. The fourth-order valence-corrected chi connectivity index (χ4v) is 14.1.